The van der Waals surface area contributed by atoms with Gasteiger partial charge in [0.05, 0.1) is 13.2 Å². The lowest BCUT2D eigenvalue weighted by molar-refractivity contribution is 0.102. The molecule has 3 aromatic rings. The van der Waals surface area contributed by atoms with Gasteiger partial charge in [-0.2, -0.15) is 4.52 Å². The van der Waals surface area contributed by atoms with Crippen molar-refractivity contribution in [3.8, 4) is 0 Å². The largest absolute Gasteiger partial charge is 0.378 e. The predicted octanol–water partition coefficient (Wildman–Crippen LogP) is 1.86. The van der Waals surface area contributed by atoms with Gasteiger partial charge in [0.2, 0.25) is 10.1 Å². The molecule has 0 radical (unpaired) electrons. The van der Waals surface area contributed by atoms with Gasteiger partial charge in [-0.15, -0.1) is 5.10 Å². The molecule has 0 spiro atoms. The van der Waals surface area contributed by atoms with Crippen LogP contribution in [0.5, 0.6) is 0 Å². The molecule has 1 N–H and O–H groups in total. The van der Waals surface area contributed by atoms with Crippen molar-refractivity contribution in [2.24, 2.45) is 0 Å². The summed E-state index contributed by atoms with van der Waals surface area (Å²) < 4.78 is 6.54. The Bertz CT molecular complexity index is 1050. The number of benzene rings is 1. The summed E-state index contributed by atoms with van der Waals surface area (Å²) in [5.74, 6) is -0.493. The van der Waals surface area contributed by atoms with E-state index in [0.29, 0.717) is 42.1 Å². The third-order valence-corrected chi connectivity index (χ3v) is 5.27. The van der Waals surface area contributed by atoms with Gasteiger partial charge in [-0.3, -0.25) is 9.59 Å². The summed E-state index contributed by atoms with van der Waals surface area (Å²) in [5, 5.41) is 7.84. The van der Waals surface area contributed by atoms with E-state index < -0.39 is 11.5 Å². The lowest BCUT2D eigenvalue weighted by Crippen LogP contribution is -2.36. The normalized spacial score (nSPS) is 14.5. The molecule has 9 heteroatoms. The molecule has 0 unspecified atom stereocenters. The molecule has 1 aliphatic rings. The highest BCUT2D eigenvalue weighted by Gasteiger charge is 2.20. The summed E-state index contributed by atoms with van der Waals surface area (Å²) in [7, 11) is 0. The maximum absolute atomic E-state index is 12.8. The zero-order valence-corrected chi connectivity index (χ0v) is 15.9. The van der Waals surface area contributed by atoms with E-state index in [9.17, 15) is 9.59 Å². The molecule has 1 aromatic carbocycles. The van der Waals surface area contributed by atoms with Crippen molar-refractivity contribution in [2.45, 2.75) is 13.8 Å². The Morgan fingerprint density at radius 2 is 1.89 bits per heavy atom. The van der Waals surface area contributed by atoms with E-state index in [1.807, 2.05) is 32.0 Å². The van der Waals surface area contributed by atoms with E-state index >= 15 is 0 Å². The highest BCUT2D eigenvalue weighted by atomic mass is 32.1. The molecular weight excluding hydrogens is 366 g/mol. The van der Waals surface area contributed by atoms with E-state index in [2.05, 4.69) is 20.3 Å². The number of anilines is 2. The molecule has 0 saturated carbocycles. The number of amides is 1. The van der Waals surface area contributed by atoms with E-state index in [0.717, 1.165) is 11.1 Å². The molecule has 4 rings (SSSR count). The summed E-state index contributed by atoms with van der Waals surface area (Å²) >= 11 is 1.33. The molecule has 1 aliphatic heterocycles. The van der Waals surface area contributed by atoms with Crippen molar-refractivity contribution in [3.63, 3.8) is 0 Å². The highest BCUT2D eigenvalue weighted by molar-refractivity contribution is 7.20. The second-order valence-corrected chi connectivity index (χ2v) is 7.42. The molecule has 8 nitrogen and oxygen atoms in total. The minimum atomic E-state index is -0.493. The minimum Gasteiger partial charge on any atom is -0.378 e. The number of ether oxygens (including phenoxy) is 1. The maximum Gasteiger partial charge on any atom is 0.288 e. The first-order valence-corrected chi connectivity index (χ1v) is 9.44. The summed E-state index contributed by atoms with van der Waals surface area (Å²) in [6.45, 7) is 6.59. The third kappa shape index (κ3) is 3.56. The van der Waals surface area contributed by atoms with E-state index in [-0.39, 0.29) is 5.56 Å². The summed E-state index contributed by atoms with van der Waals surface area (Å²) in [6.07, 6.45) is 1.32. The molecule has 3 heterocycles. The van der Waals surface area contributed by atoms with Gasteiger partial charge in [0.1, 0.15) is 5.56 Å². The summed E-state index contributed by atoms with van der Waals surface area (Å²) in [4.78, 5) is 32.1. The Morgan fingerprint density at radius 1 is 1.19 bits per heavy atom. The number of aryl methyl sites for hydroxylation is 2. The van der Waals surface area contributed by atoms with Gasteiger partial charge in [0.15, 0.2) is 0 Å². The number of rotatable bonds is 3. The van der Waals surface area contributed by atoms with Gasteiger partial charge < -0.3 is 15.0 Å². The molecule has 1 amide bonds. The van der Waals surface area contributed by atoms with E-state index in [1.54, 1.807) is 0 Å². The van der Waals surface area contributed by atoms with Crippen LogP contribution in [-0.4, -0.2) is 46.8 Å². The van der Waals surface area contributed by atoms with Crippen LogP contribution < -0.4 is 15.8 Å². The van der Waals surface area contributed by atoms with Crippen molar-refractivity contribution in [1.29, 1.82) is 0 Å². The number of morpholine rings is 1. The highest BCUT2D eigenvalue weighted by Crippen LogP contribution is 2.22. The van der Waals surface area contributed by atoms with Gasteiger partial charge >= 0.3 is 0 Å². The Labute approximate surface area is 159 Å². The fourth-order valence-electron chi connectivity index (χ4n) is 3.06. The van der Waals surface area contributed by atoms with Crippen LogP contribution in [0.25, 0.3) is 4.96 Å². The van der Waals surface area contributed by atoms with Crippen LogP contribution in [0.4, 0.5) is 10.8 Å². The average molecular weight is 385 g/mol. The van der Waals surface area contributed by atoms with Crippen LogP contribution in [0.1, 0.15) is 21.5 Å². The third-order valence-electron chi connectivity index (χ3n) is 4.28. The van der Waals surface area contributed by atoms with Crippen molar-refractivity contribution in [2.75, 3.05) is 36.5 Å². The van der Waals surface area contributed by atoms with Crippen molar-refractivity contribution in [1.82, 2.24) is 14.6 Å². The average Bonchev–Trinajstić information content (AvgIpc) is 3.07. The number of hydrogen-bond acceptors (Lipinski definition) is 7. The maximum atomic E-state index is 12.8. The number of nitrogens with zero attached hydrogens (tertiary/aromatic N) is 4. The van der Waals surface area contributed by atoms with Crippen LogP contribution >= 0.6 is 11.3 Å². The first kappa shape index (κ1) is 17.6. The zero-order chi connectivity index (χ0) is 19.0. The smallest absolute Gasteiger partial charge is 0.288 e. The van der Waals surface area contributed by atoms with Crippen molar-refractivity contribution < 1.29 is 9.53 Å². The quantitative estimate of drug-likeness (QED) is 0.740. The van der Waals surface area contributed by atoms with Crippen LogP contribution in [0.15, 0.2) is 29.2 Å². The molecule has 2 aromatic heterocycles. The first-order chi connectivity index (χ1) is 13.0. The van der Waals surface area contributed by atoms with Crippen LogP contribution in [0, 0.1) is 13.8 Å². The lowest BCUT2D eigenvalue weighted by atomic mass is 10.1. The van der Waals surface area contributed by atoms with E-state index in [1.165, 1.54) is 22.0 Å². The number of fused-ring (bicyclic) bond motifs is 1. The zero-order valence-electron chi connectivity index (χ0n) is 15.1. The molecule has 0 aliphatic carbocycles. The van der Waals surface area contributed by atoms with Crippen molar-refractivity contribution in [3.05, 3.63) is 51.4 Å². The van der Waals surface area contributed by atoms with Gasteiger partial charge in [0, 0.05) is 25.0 Å². The summed E-state index contributed by atoms with van der Waals surface area (Å²) in [6, 6.07) is 5.72. The topological polar surface area (TPSA) is 88.8 Å². The first-order valence-electron chi connectivity index (χ1n) is 8.62. The van der Waals surface area contributed by atoms with Gasteiger partial charge in [0.25, 0.3) is 11.5 Å². The molecule has 27 heavy (non-hydrogen) atoms. The van der Waals surface area contributed by atoms with Crippen LogP contribution in [-0.2, 0) is 4.74 Å². The Kier molecular flexibility index (Phi) is 4.63. The number of hydrogen-bond donors (Lipinski definition) is 1. The SMILES string of the molecule is Cc1cc(C)cc(NC(=O)c2cnc3sc(N4CCOCC4)nn3c2=O)c1. The monoisotopic (exact) mass is 385 g/mol. The molecule has 0 bridgehead atoms. The standard InChI is InChI=1S/C18H19N5O3S/c1-11-7-12(2)9-13(8-11)20-15(24)14-10-19-17-23(16(14)25)21-18(27-17)22-3-5-26-6-4-22/h7-10H,3-6H2,1-2H3,(H,20,24). The molecular formula is C18H19N5O3S. The second-order valence-electron chi connectivity index (χ2n) is 6.49. The minimum absolute atomic E-state index is 0.0366. The summed E-state index contributed by atoms with van der Waals surface area (Å²) in [5.41, 5.74) is 2.20. The second kappa shape index (κ2) is 7.09. The van der Waals surface area contributed by atoms with Gasteiger partial charge in [-0.25, -0.2) is 4.98 Å². The van der Waals surface area contributed by atoms with Crippen molar-refractivity contribution >= 4 is 33.0 Å². The molecule has 1 saturated heterocycles. The molecule has 0 atom stereocenters. The number of nitrogens with one attached hydrogen (secondary N) is 1. The number of carbonyl (C=O) groups excluding carboxylic acids is 1. The predicted molar refractivity (Wildman–Crippen MR) is 104 cm³/mol. The Hall–Kier alpha value is -2.78. The lowest BCUT2D eigenvalue weighted by Gasteiger charge is -2.25. The fraction of sp³-hybridized carbons (Fsp3) is 0.333. The van der Waals surface area contributed by atoms with Crippen LogP contribution in [0.2, 0.25) is 0 Å². The Balaban J connectivity index is 1.64. The fourth-order valence-corrected chi connectivity index (χ4v) is 3.97. The molecule has 1 fully saturated rings. The number of aromatic nitrogens is 3. The van der Waals surface area contributed by atoms with Crippen LogP contribution in [0.3, 0.4) is 0 Å². The Morgan fingerprint density at radius 3 is 2.59 bits per heavy atom. The van der Waals surface area contributed by atoms with Gasteiger partial charge in [-0.05, 0) is 37.1 Å². The number of carbonyl (C=O) groups is 1. The molecule has 140 valence electrons. The van der Waals surface area contributed by atoms with E-state index in [4.69, 9.17) is 4.74 Å². The van der Waals surface area contributed by atoms with Gasteiger partial charge in [-0.1, -0.05) is 17.4 Å².